The largest absolute Gasteiger partial charge is 0.494 e. The minimum absolute atomic E-state index is 0.407. The zero-order chi connectivity index (χ0) is 19.6. The molecule has 0 radical (unpaired) electrons. The lowest BCUT2D eigenvalue weighted by atomic mass is 10.2. The molecule has 2 aromatic rings. The van der Waals surface area contributed by atoms with Gasteiger partial charge in [0.2, 0.25) is 5.88 Å². The Kier molecular flexibility index (Phi) is 7.29. The Morgan fingerprint density at radius 2 is 1.89 bits per heavy atom. The van der Waals surface area contributed by atoms with Crippen LogP contribution in [0.1, 0.15) is 31.7 Å². The molecule has 0 bridgehead atoms. The van der Waals surface area contributed by atoms with Gasteiger partial charge in [0, 0.05) is 31.4 Å². The molecule has 0 aliphatic heterocycles. The fourth-order valence-electron chi connectivity index (χ4n) is 2.89. The molecular weight excluding hydrogens is 352 g/mol. The van der Waals surface area contributed by atoms with Crippen molar-refractivity contribution in [3.63, 3.8) is 0 Å². The lowest BCUT2D eigenvalue weighted by molar-refractivity contribution is 0.317. The Morgan fingerprint density at radius 3 is 2.61 bits per heavy atom. The number of benzene rings is 1. The van der Waals surface area contributed by atoms with Crippen LogP contribution in [0.5, 0.6) is 17.4 Å². The Hall–Kier alpha value is -3.02. The van der Waals surface area contributed by atoms with E-state index in [4.69, 9.17) is 9.47 Å². The van der Waals surface area contributed by atoms with Gasteiger partial charge in [-0.2, -0.15) is 0 Å². The Labute approximate surface area is 166 Å². The van der Waals surface area contributed by atoms with Gasteiger partial charge in [-0.15, -0.1) is 0 Å². The van der Waals surface area contributed by atoms with Crippen molar-refractivity contribution in [2.24, 2.45) is 4.99 Å². The summed E-state index contributed by atoms with van der Waals surface area (Å²) in [5.41, 5.74) is 0.960. The monoisotopic (exact) mass is 380 g/mol. The molecule has 0 atom stereocenters. The van der Waals surface area contributed by atoms with Gasteiger partial charge in [0.25, 0.3) is 0 Å². The molecular formula is C22H28N4O2. The van der Waals surface area contributed by atoms with Crippen LogP contribution in [0, 0.1) is 0 Å². The lowest BCUT2D eigenvalue weighted by Crippen LogP contribution is -2.42. The molecule has 28 heavy (non-hydrogen) atoms. The molecule has 1 aromatic heterocycles. The summed E-state index contributed by atoms with van der Waals surface area (Å²) in [4.78, 5) is 8.70. The summed E-state index contributed by atoms with van der Waals surface area (Å²) in [6.07, 6.45) is 9.15. The fraction of sp³-hybridized carbons (Fsp3) is 0.364. The minimum atomic E-state index is 0.407. The zero-order valence-electron chi connectivity index (χ0n) is 16.5. The van der Waals surface area contributed by atoms with Crippen molar-refractivity contribution >= 4 is 5.96 Å². The predicted molar refractivity (Wildman–Crippen MR) is 112 cm³/mol. The van der Waals surface area contributed by atoms with Gasteiger partial charge >= 0.3 is 0 Å². The SMILES string of the molecule is CCCOc1ccc(Oc2ncccc2CNC(=NC)NC2CC=CC2)cc1. The molecule has 0 spiro atoms. The molecule has 148 valence electrons. The summed E-state index contributed by atoms with van der Waals surface area (Å²) < 4.78 is 11.6. The van der Waals surface area contributed by atoms with Gasteiger partial charge in [0.15, 0.2) is 5.96 Å². The van der Waals surface area contributed by atoms with E-state index >= 15 is 0 Å². The molecule has 2 N–H and O–H groups in total. The standard InChI is InChI=1S/C22H28N4O2/c1-3-15-27-19-10-12-20(13-11-19)28-21-17(7-6-14-24-21)16-25-22(23-2)26-18-8-4-5-9-18/h4-7,10-14,18H,3,8-9,15-16H2,1-2H3,(H2,23,25,26). The van der Waals surface area contributed by atoms with Crippen LogP contribution in [0.15, 0.2) is 59.7 Å². The Morgan fingerprint density at radius 1 is 1.14 bits per heavy atom. The smallest absolute Gasteiger partial charge is 0.224 e. The molecule has 0 saturated heterocycles. The van der Waals surface area contributed by atoms with Crippen molar-refractivity contribution in [3.8, 4) is 17.4 Å². The van der Waals surface area contributed by atoms with Gasteiger partial charge in [-0.1, -0.05) is 25.1 Å². The van der Waals surface area contributed by atoms with E-state index < -0.39 is 0 Å². The number of hydrogen-bond acceptors (Lipinski definition) is 4. The maximum absolute atomic E-state index is 5.99. The van der Waals surface area contributed by atoms with Crippen LogP contribution in [0.2, 0.25) is 0 Å². The molecule has 0 fully saturated rings. The quantitative estimate of drug-likeness (QED) is 0.411. The third kappa shape index (κ3) is 5.74. The van der Waals surface area contributed by atoms with Gasteiger partial charge < -0.3 is 20.1 Å². The number of aromatic nitrogens is 1. The average Bonchev–Trinajstić information content (AvgIpc) is 3.24. The van der Waals surface area contributed by atoms with Crippen molar-refractivity contribution in [2.75, 3.05) is 13.7 Å². The first-order valence-corrected chi connectivity index (χ1v) is 9.75. The van der Waals surface area contributed by atoms with Crippen LogP contribution in [0.25, 0.3) is 0 Å². The number of aliphatic imine (C=N–C) groups is 1. The number of nitrogens with zero attached hydrogens (tertiary/aromatic N) is 2. The van der Waals surface area contributed by atoms with E-state index in [1.54, 1.807) is 13.2 Å². The summed E-state index contributed by atoms with van der Waals surface area (Å²) >= 11 is 0. The molecule has 6 nitrogen and oxygen atoms in total. The summed E-state index contributed by atoms with van der Waals surface area (Å²) in [6.45, 7) is 3.37. The van der Waals surface area contributed by atoms with Crippen molar-refractivity contribution in [2.45, 2.75) is 38.8 Å². The van der Waals surface area contributed by atoms with Gasteiger partial charge in [-0.3, -0.25) is 4.99 Å². The van der Waals surface area contributed by atoms with Crippen LogP contribution in [-0.4, -0.2) is 30.6 Å². The highest BCUT2D eigenvalue weighted by Crippen LogP contribution is 2.25. The number of ether oxygens (including phenoxy) is 2. The molecule has 0 amide bonds. The molecule has 1 aromatic carbocycles. The molecule has 1 aliphatic carbocycles. The summed E-state index contributed by atoms with van der Waals surface area (Å²) in [5, 5.41) is 6.77. The van der Waals surface area contributed by atoms with Crippen LogP contribution < -0.4 is 20.1 Å². The number of pyridine rings is 1. The molecule has 0 saturated carbocycles. The van der Waals surface area contributed by atoms with E-state index in [9.17, 15) is 0 Å². The minimum Gasteiger partial charge on any atom is -0.494 e. The van der Waals surface area contributed by atoms with E-state index in [0.717, 1.165) is 42.3 Å². The Balaban J connectivity index is 1.59. The highest BCUT2D eigenvalue weighted by molar-refractivity contribution is 5.80. The summed E-state index contributed by atoms with van der Waals surface area (Å²) in [6, 6.07) is 11.9. The van der Waals surface area contributed by atoms with Crippen LogP contribution >= 0.6 is 0 Å². The first-order valence-electron chi connectivity index (χ1n) is 9.75. The first-order chi connectivity index (χ1) is 13.8. The molecule has 3 rings (SSSR count). The highest BCUT2D eigenvalue weighted by atomic mass is 16.5. The van der Waals surface area contributed by atoms with Crippen molar-refractivity contribution in [3.05, 3.63) is 60.3 Å². The second-order valence-electron chi connectivity index (χ2n) is 6.60. The molecule has 1 heterocycles. The van der Waals surface area contributed by atoms with Crippen molar-refractivity contribution < 1.29 is 9.47 Å². The zero-order valence-corrected chi connectivity index (χ0v) is 16.5. The van der Waals surface area contributed by atoms with Crippen molar-refractivity contribution in [1.29, 1.82) is 0 Å². The third-order valence-corrected chi connectivity index (χ3v) is 4.38. The maximum Gasteiger partial charge on any atom is 0.224 e. The van der Waals surface area contributed by atoms with Crippen LogP contribution in [0.4, 0.5) is 0 Å². The van der Waals surface area contributed by atoms with Gasteiger partial charge in [-0.05, 0) is 49.6 Å². The molecule has 6 heteroatoms. The Bertz CT molecular complexity index is 794. The highest BCUT2D eigenvalue weighted by Gasteiger charge is 2.12. The maximum atomic E-state index is 5.99. The number of nitrogens with one attached hydrogen (secondary N) is 2. The van der Waals surface area contributed by atoms with E-state index in [0.29, 0.717) is 25.1 Å². The topological polar surface area (TPSA) is 67.8 Å². The van der Waals surface area contributed by atoms with Gasteiger partial charge in [-0.25, -0.2) is 4.98 Å². The van der Waals surface area contributed by atoms with E-state index in [2.05, 4.69) is 39.7 Å². The molecule has 1 aliphatic rings. The third-order valence-electron chi connectivity index (χ3n) is 4.38. The van der Waals surface area contributed by atoms with Crippen LogP contribution in [0.3, 0.4) is 0 Å². The van der Waals surface area contributed by atoms with Crippen molar-refractivity contribution in [1.82, 2.24) is 15.6 Å². The van der Waals surface area contributed by atoms with Crippen LogP contribution in [-0.2, 0) is 6.54 Å². The molecule has 0 unspecified atom stereocenters. The average molecular weight is 380 g/mol. The predicted octanol–water partition coefficient (Wildman–Crippen LogP) is 4.05. The summed E-state index contributed by atoms with van der Waals surface area (Å²) in [5.74, 6) is 2.92. The normalized spacial score (nSPS) is 14.1. The van der Waals surface area contributed by atoms with E-state index in [-0.39, 0.29) is 0 Å². The van der Waals surface area contributed by atoms with E-state index in [1.165, 1.54) is 0 Å². The second-order valence-corrected chi connectivity index (χ2v) is 6.60. The lowest BCUT2D eigenvalue weighted by Gasteiger charge is -2.17. The number of rotatable bonds is 8. The summed E-state index contributed by atoms with van der Waals surface area (Å²) in [7, 11) is 1.78. The first kappa shape index (κ1) is 19.7. The fourth-order valence-corrected chi connectivity index (χ4v) is 2.89. The van der Waals surface area contributed by atoms with Gasteiger partial charge in [0.05, 0.1) is 6.61 Å². The van der Waals surface area contributed by atoms with E-state index in [1.807, 2.05) is 36.4 Å². The van der Waals surface area contributed by atoms with Gasteiger partial charge in [0.1, 0.15) is 11.5 Å². The second kappa shape index (κ2) is 10.3. The number of guanidine groups is 1. The number of hydrogen-bond donors (Lipinski definition) is 2.